The minimum absolute atomic E-state index is 0.0782. The average molecular weight is 328 g/mol. The van der Waals surface area contributed by atoms with E-state index in [0.717, 1.165) is 4.31 Å². The van der Waals surface area contributed by atoms with E-state index < -0.39 is 31.4 Å². The maximum absolute atomic E-state index is 12.0. The predicted octanol–water partition coefficient (Wildman–Crippen LogP) is -0.948. The van der Waals surface area contributed by atoms with Crippen molar-refractivity contribution in [3.8, 4) is 0 Å². The Bertz CT molecular complexity index is 571. The fourth-order valence-corrected chi connectivity index (χ4v) is 4.10. The maximum Gasteiger partial charge on any atom is 0.310 e. The minimum Gasteiger partial charge on any atom is -0.481 e. The number of aliphatic carboxylic acids is 1. The summed E-state index contributed by atoms with van der Waals surface area (Å²) in [5.74, 6) is -1.52. The maximum atomic E-state index is 12.0. The number of carbonyl (C=O) groups is 1. The van der Waals surface area contributed by atoms with E-state index in [-0.39, 0.29) is 37.6 Å². The van der Waals surface area contributed by atoms with Gasteiger partial charge in [-0.1, -0.05) is 0 Å². The summed E-state index contributed by atoms with van der Waals surface area (Å²) in [6, 6.07) is 0. The number of carboxylic acid groups (broad SMARTS) is 1. The van der Waals surface area contributed by atoms with Gasteiger partial charge in [0.1, 0.15) is 0 Å². The SMILES string of the molecule is CCS(=O)(=O)NCCS(=O)(=O)N1CCC(C)(C(=O)O)C1. The third kappa shape index (κ3) is 4.14. The van der Waals surface area contributed by atoms with Crippen LogP contribution in [-0.4, -0.2) is 63.4 Å². The van der Waals surface area contributed by atoms with E-state index in [2.05, 4.69) is 4.72 Å². The van der Waals surface area contributed by atoms with E-state index >= 15 is 0 Å². The highest BCUT2D eigenvalue weighted by Crippen LogP contribution is 2.31. The molecule has 1 aliphatic rings. The Morgan fingerprint density at radius 1 is 1.35 bits per heavy atom. The summed E-state index contributed by atoms with van der Waals surface area (Å²) < 4.78 is 49.7. The molecular formula is C10H20N2O6S2. The quantitative estimate of drug-likeness (QED) is 0.622. The van der Waals surface area contributed by atoms with Crippen molar-refractivity contribution in [1.82, 2.24) is 9.03 Å². The Kier molecular flexibility index (Phi) is 5.17. The van der Waals surface area contributed by atoms with Crippen molar-refractivity contribution < 1.29 is 26.7 Å². The summed E-state index contributed by atoms with van der Waals surface area (Å²) in [6.45, 7) is 2.82. The topological polar surface area (TPSA) is 121 Å². The minimum atomic E-state index is -3.65. The molecule has 1 rings (SSSR count). The largest absolute Gasteiger partial charge is 0.481 e. The van der Waals surface area contributed by atoms with Gasteiger partial charge in [0.25, 0.3) is 0 Å². The van der Waals surface area contributed by atoms with E-state index in [1.54, 1.807) is 0 Å². The van der Waals surface area contributed by atoms with Gasteiger partial charge in [-0.15, -0.1) is 0 Å². The van der Waals surface area contributed by atoms with E-state index in [0.29, 0.717) is 0 Å². The van der Waals surface area contributed by atoms with Crippen LogP contribution in [0.25, 0.3) is 0 Å². The Labute approximate surface area is 119 Å². The smallest absolute Gasteiger partial charge is 0.310 e. The van der Waals surface area contributed by atoms with Crippen LogP contribution in [0.4, 0.5) is 0 Å². The van der Waals surface area contributed by atoms with Crippen LogP contribution >= 0.6 is 0 Å². The average Bonchev–Trinajstić information content (AvgIpc) is 2.74. The third-order valence-corrected chi connectivity index (χ3v) is 6.63. The summed E-state index contributed by atoms with van der Waals surface area (Å²) >= 11 is 0. The molecule has 0 aromatic rings. The van der Waals surface area contributed by atoms with Gasteiger partial charge in [0, 0.05) is 19.6 Å². The first-order chi connectivity index (χ1) is 9.02. The van der Waals surface area contributed by atoms with Crippen molar-refractivity contribution in [2.24, 2.45) is 5.41 Å². The first-order valence-electron chi connectivity index (χ1n) is 6.21. The predicted molar refractivity (Wildman–Crippen MR) is 73.2 cm³/mol. The lowest BCUT2D eigenvalue weighted by Crippen LogP contribution is -2.39. The van der Waals surface area contributed by atoms with Crippen LogP contribution < -0.4 is 4.72 Å². The van der Waals surface area contributed by atoms with Crippen LogP contribution in [-0.2, 0) is 24.8 Å². The van der Waals surface area contributed by atoms with Gasteiger partial charge in [0.05, 0.1) is 16.9 Å². The molecule has 0 spiro atoms. The van der Waals surface area contributed by atoms with Gasteiger partial charge in [-0.05, 0) is 20.3 Å². The monoisotopic (exact) mass is 328 g/mol. The number of hydrogen-bond acceptors (Lipinski definition) is 5. The molecule has 1 atom stereocenters. The molecular weight excluding hydrogens is 308 g/mol. The van der Waals surface area contributed by atoms with Crippen LogP contribution in [0.2, 0.25) is 0 Å². The summed E-state index contributed by atoms with van der Waals surface area (Å²) in [5.41, 5.74) is -1.07. The molecule has 0 aromatic carbocycles. The summed E-state index contributed by atoms with van der Waals surface area (Å²) in [7, 11) is -7.08. The lowest BCUT2D eigenvalue weighted by atomic mass is 9.90. The molecule has 10 heteroatoms. The molecule has 1 saturated heterocycles. The van der Waals surface area contributed by atoms with Crippen molar-refractivity contribution in [3.63, 3.8) is 0 Å². The Balaban J connectivity index is 2.61. The second-order valence-electron chi connectivity index (χ2n) is 5.06. The molecule has 0 radical (unpaired) electrons. The van der Waals surface area contributed by atoms with E-state index in [1.807, 2.05) is 0 Å². The molecule has 1 unspecified atom stereocenters. The van der Waals surface area contributed by atoms with Crippen molar-refractivity contribution >= 4 is 26.0 Å². The number of sulfonamides is 2. The first kappa shape index (κ1) is 17.3. The Morgan fingerprint density at radius 3 is 2.40 bits per heavy atom. The van der Waals surface area contributed by atoms with Crippen molar-refractivity contribution in [2.75, 3.05) is 31.1 Å². The van der Waals surface area contributed by atoms with Gasteiger partial charge < -0.3 is 5.11 Å². The summed E-state index contributed by atoms with van der Waals surface area (Å²) in [6.07, 6.45) is 0.252. The van der Waals surface area contributed by atoms with Gasteiger partial charge >= 0.3 is 5.97 Å². The van der Waals surface area contributed by atoms with Crippen LogP contribution in [0.15, 0.2) is 0 Å². The lowest BCUT2D eigenvalue weighted by Gasteiger charge is -2.20. The second kappa shape index (κ2) is 5.96. The van der Waals surface area contributed by atoms with Crippen LogP contribution in [0.3, 0.4) is 0 Å². The van der Waals surface area contributed by atoms with Gasteiger partial charge in [-0.25, -0.2) is 25.9 Å². The number of rotatable bonds is 7. The van der Waals surface area contributed by atoms with Crippen LogP contribution in [0.5, 0.6) is 0 Å². The van der Waals surface area contributed by atoms with Crippen molar-refractivity contribution in [1.29, 1.82) is 0 Å². The molecule has 1 fully saturated rings. The molecule has 1 aliphatic heterocycles. The van der Waals surface area contributed by atoms with E-state index in [9.17, 15) is 21.6 Å². The lowest BCUT2D eigenvalue weighted by molar-refractivity contribution is -0.146. The zero-order valence-electron chi connectivity index (χ0n) is 11.5. The Hall–Kier alpha value is -0.710. The highest BCUT2D eigenvalue weighted by atomic mass is 32.2. The third-order valence-electron chi connectivity index (χ3n) is 3.41. The van der Waals surface area contributed by atoms with Gasteiger partial charge in [-0.3, -0.25) is 4.79 Å². The van der Waals surface area contributed by atoms with Gasteiger partial charge in [0.2, 0.25) is 20.0 Å². The molecule has 0 amide bonds. The molecule has 0 bridgehead atoms. The standard InChI is InChI=1S/C10H20N2O6S2/c1-3-19(15,16)11-5-7-20(17,18)12-6-4-10(2,8-12)9(13)14/h11H,3-8H2,1-2H3,(H,13,14). The number of hydrogen-bond donors (Lipinski definition) is 2. The second-order valence-corrected chi connectivity index (χ2v) is 9.25. The van der Waals surface area contributed by atoms with Gasteiger partial charge in [-0.2, -0.15) is 0 Å². The van der Waals surface area contributed by atoms with Crippen LogP contribution in [0.1, 0.15) is 20.3 Å². The van der Waals surface area contributed by atoms with Gasteiger partial charge in [0.15, 0.2) is 0 Å². The Morgan fingerprint density at radius 2 is 1.95 bits per heavy atom. The van der Waals surface area contributed by atoms with E-state index in [1.165, 1.54) is 13.8 Å². The first-order valence-corrected chi connectivity index (χ1v) is 9.47. The number of nitrogens with one attached hydrogen (secondary N) is 1. The molecule has 2 N–H and O–H groups in total. The molecule has 20 heavy (non-hydrogen) atoms. The number of carboxylic acids is 1. The molecule has 0 saturated carbocycles. The molecule has 1 heterocycles. The highest BCUT2D eigenvalue weighted by Gasteiger charge is 2.44. The summed E-state index contributed by atoms with van der Waals surface area (Å²) in [4.78, 5) is 11.1. The van der Waals surface area contributed by atoms with Crippen LogP contribution in [0, 0.1) is 5.41 Å². The molecule has 0 aliphatic carbocycles. The highest BCUT2D eigenvalue weighted by molar-refractivity contribution is 7.90. The van der Waals surface area contributed by atoms with Crippen molar-refractivity contribution in [3.05, 3.63) is 0 Å². The molecule has 0 aromatic heterocycles. The van der Waals surface area contributed by atoms with Crippen molar-refractivity contribution in [2.45, 2.75) is 20.3 Å². The summed E-state index contributed by atoms with van der Waals surface area (Å²) in [5, 5.41) is 9.06. The molecule has 118 valence electrons. The fourth-order valence-electron chi connectivity index (χ4n) is 1.89. The fraction of sp³-hybridized carbons (Fsp3) is 0.900. The van der Waals surface area contributed by atoms with E-state index in [4.69, 9.17) is 5.11 Å². The zero-order valence-corrected chi connectivity index (χ0v) is 13.1. The molecule has 8 nitrogen and oxygen atoms in total. The zero-order chi connectivity index (χ0) is 15.6. The number of nitrogens with zero attached hydrogens (tertiary/aromatic N) is 1. The normalized spacial score (nSPS) is 24.9.